The number of aromatic nitrogens is 2. The molecule has 1 aromatic heterocycles. The molecule has 1 heterocycles. The van der Waals surface area contributed by atoms with E-state index in [1.807, 2.05) is 0 Å². The average Bonchev–Trinajstić information content (AvgIpc) is 2.73. The minimum absolute atomic E-state index is 0.106. The van der Waals surface area contributed by atoms with E-state index in [-0.39, 0.29) is 18.8 Å². The van der Waals surface area contributed by atoms with Gasteiger partial charge in [0.1, 0.15) is 6.54 Å². The SMILES string of the molecule is CCOC(=O)Cn1c(O)c(O)n(Cc2cccc([N+](=O)[O-])c2)c1=O. The Bertz CT molecular complexity index is 837. The highest BCUT2D eigenvalue weighted by atomic mass is 16.6. The summed E-state index contributed by atoms with van der Waals surface area (Å²) in [6, 6.07) is 5.49. The largest absolute Gasteiger partial charge is 0.491 e. The van der Waals surface area contributed by atoms with Gasteiger partial charge < -0.3 is 14.9 Å². The summed E-state index contributed by atoms with van der Waals surface area (Å²) in [6.45, 7) is 0.921. The van der Waals surface area contributed by atoms with E-state index in [1.54, 1.807) is 6.92 Å². The number of carbonyl (C=O) groups is 1. The van der Waals surface area contributed by atoms with E-state index in [0.717, 1.165) is 4.57 Å². The molecule has 0 bridgehead atoms. The Morgan fingerprint density at radius 3 is 2.58 bits per heavy atom. The maximum Gasteiger partial charge on any atom is 0.334 e. The monoisotopic (exact) mass is 337 g/mol. The number of nitro groups is 1. The molecule has 0 spiro atoms. The first-order chi connectivity index (χ1) is 11.3. The van der Waals surface area contributed by atoms with Gasteiger partial charge in [-0.15, -0.1) is 0 Å². The number of esters is 1. The van der Waals surface area contributed by atoms with Gasteiger partial charge in [-0.1, -0.05) is 12.1 Å². The highest BCUT2D eigenvalue weighted by Gasteiger charge is 2.21. The minimum atomic E-state index is -0.843. The average molecular weight is 337 g/mol. The third-order valence-corrected chi connectivity index (χ3v) is 3.23. The Balaban J connectivity index is 2.35. The maximum absolute atomic E-state index is 12.2. The van der Waals surface area contributed by atoms with E-state index in [2.05, 4.69) is 4.74 Å². The normalized spacial score (nSPS) is 10.5. The summed E-state index contributed by atoms with van der Waals surface area (Å²) in [5, 5.41) is 30.5. The molecule has 0 radical (unpaired) electrons. The van der Waals surface area contributed by atoms with Gasteiger partial charge in [0.05, 0.1) is 18.1 Å². The Morgan fingerprint density at radius 1 is 1.29 bits per heavy atom. The zero-order chi connectivity index (χ0) is 17.9. The van der Waals surface area contributed by atoms with Crippen molar-refractivity contribution in [1.29, 1.82) is 0 Å². The Morgan fingerprint density at radius 2 is 1.96 bits per heavy atom. The third kappa shape index (κ3) is 3.37. The first-order valence-corrected chi connectivity index (χ1v) is 6.95. The van der Waals surface area contributed by atoms with Gasteiger partial charge in [-0.2, -0.15) is 0 Å². The fourth-order valence-corrected chi connectivity index (χ4v) is 2.14. The van der Waals surface area contributed by atoms with Gasteiger partial charge in [0, 0.05) is 12.1 Å². The van der Waals surface area contributed by atoms with E-state index in [4.69, 9.17) is 0 Å². The molecule has 2 N–H and O–H groups in total. The molecule has 2 aromatic rings. The van der Waals surface area contributed by atoms with Crippen molar-refractivity contribution in [3.05, 3.63) is 50.4 Å². The molecule has 0 aliphatic carbocycles. The van der Waals surface area contributed by atoms with Gasteiger partial charge in [-0.25, -0.2) is 9.36 Å². The van der Waals surface area contributed by atoms with Crippen LogP contribution >= 0.6 is 0 Å². The fourth-order valence-electron chi connectivity index (χ4n) is 2.14. The predicted molar refractivity (Wildman–Crippen MR) is 80.9 cm³/mol. The number of hydrogen-bond donors (Lipinski definition) is 2. The number of aromatic hydroxyl groups is 2. The molecule has 0 aliphatic rings. The molecule has 0 fully saturated rings. The van der Waals surface area contributed by atoms with Gasteiger partial charge in [0.2, 0.25) is 0 Å². The quantitative estimate of drug-likeness (QED) is 0.447. The van der Waals surface area contributed by atoms with E-state index >= 15 is 0 Å². The van der Waals surface area contributed by atoms with Gasteiger partial charge in [-0.05, 0) is 12.5 Å². The van der Waals surface area contributed by atoms with Crippen molar-refractivity contribution in [3.8, 4) is 11.8 Å². The zero-order valence-electron chi connectivity index (χ0n) is 12.7. The van der Waals surface area contributed by atoms with Crippen LogP contribution in [0.4, 0.5) is 5.69 Å². The molecule has 0 amide bonds. The second-order valence-corrected chi connectivity index (χ2v) is 4.83. The molecule has 0 atom stereocenters. The summed E-state index contributed by atoms with van der Waals surface area (Å²) in [5.41, 5.74) is -0.644. The molecular formula is C14H15N3O7. The fraction of sp³-hybridized carbons (Fsp3) is 0.286. The lowest BCUT2D eigenvalue weighted by Crippen LogP contribution is -2.28. The molecule has 0 aliphatic heterocycles. The molecule has 10 nitrogen and oxygen atoms in total. The van der Waals surface area contributed by atoms with Crippen LogP contribution in [0.1, 0.15) is 12.5 Å². The summed E-state index contributed by atoms with van der Waals surface area (Å²) in [5.74, 6) is -2.27. The Kier molecular flexibility index (Phi) is 4.87. The molecule has 24 heavy (non-hydrogen) atoms. The molecule has 0 unspecified atom stereocenters. The van der Waals surface area contributed by atoms with Crippen LogP contribution in [0.15, 0.2) is 29.1 Å². The standard InChI is InChI=1S/C14H15N3O7/c1-2-24-11(18)8-16-13(20)12(19)15(14(16)21)7-9-4-3-5-10(6-9)17(22)23/h3-6,19-20H,2,7-8H2,1H3. The highest BCUT2D eigenvalue weighted by molar-refractivity contribution is 5.69. The molecule has 2 rings (SSSR count). The maximum atomic E-state index is 12.2. The van der Waals surface area contributed by atoms with Crippen LogP contribution in [0.5, 0.6) is 11.8 Å². The molecule has 1 aromatic carbocycles. The van der Waals surface area contributed by atoms with Crippen molar-refractivity contribution in [2.24, 2.45) is 0 Å². The van der Waals surface area contributed by atoms with Gasteiger partial charge in [0.15, 0.2) is 0 Å². The smallest absolute Gasteiger partial charge is 0.334 e. The number of rotatable bonds is 6. The van der Waals surface area contributed by atoms with Gasteiger partial charge >= 0.3 is 11.7 Å². The number of benzene rings is 1. The minimum Gasteiger partial charge on any atom is -0.491 e. The molecule has 0 saturated carbocycles. The lowest BCUT2D eigenvalue weighted by Gasteiger charge is -2.03. The van der Waals surface area contributed by atoms with Crippen molar-refractivity contribution >= 4 is 11.7 Å². The van der Waals surface area contributed by atoms with Crippen LogP contribution in [0.2, 0.25) is 0 Å². The Hall–Kier alpha value is -3.30. The topological polar surface area (TPSA) is 137 Å². The lowest BCUT2D eigenvalue weighted by atomic mass is 10.2. The van der Waals surface area contributed by atoms with Crippen molar-refractivity contribution in [3.63, 3.8) is 0 Å². The summed E-state index contributed by atoms with van der Waals surface area (Å²) >= 11 is 0. The number of imidazole rings is 1. The lowest BCUT2D eigenvalue weighted by molar-refractivity contribution is -0.384. The summed E-state index contributed by atoms with van der Waals surface area (Å²) in [6.07, 6.45) is 0. The second kappa shape index (κ2) is 6.86. The van der Waals surface area contributed by atoms with Crippen LogP contribution < -0.4 is 5.69 Å². The summed E-state index contributed by atoms with van der Waals surface area (Å²) in [7, 11) is 0. The van der Waals surface area contributed by atoms with Crippen LogP contribution in [0, 0.1) is 10.1 Å². The Labute approximate surface area is 135 Å². The van der Waals surface area contributed by atoms with Crippen molar-refractivity contribution in [2.75, 3.05) is 6.61 Å². The third-order valence-electron chi connectivity index (χ3n) is 3.23. The molecule has 10 heteroatoms. The van der Waals surface area contributed by atoms with Crippen LogP contribution in [-0.2, 0) is 22.6 Å². The summed E-state index contributed by atoms with van der Waals surface area (Å²) < 4.78 is 6.15. The van der Waals surface area contributed by atoms with E-state index < -0.39 is 34.9 Å². The predicted octanol–water partition coefficient (Wildman–Crippen LogP) is 0.581. The number of ether oxygens (including phenoxy) is 1. The molecule has 0 saturated heterocycles. The van der Waals surface area contributed by atoms with Crippen LogP contribution in [0.25, 0.3) is 0 Å². The van der Waals surface area contributed by atoms with Crippen molar-refractivity contribution < 1.29 is 24.7 Å². The van der Waals surface area contributed by atoms with E-state index in [1.165, 1.54) is 24.3 Å². The van der Waals surface area contributed by atoms with E-state index in [0.29, 0.717) is 10.1 Å². The van der Waals surface area contributed by atoms with Gasteiger partial charge in [-0.3, -0.25) is 19.5 Å². The molecule has 128 valence electrons. The number of nitro benzene ring substituents is 1. The second-order valence-electron chi connectivity index (χ2n) is 4.83. The molecular weight excluding hydrogens is 322 g/mol. The van der Waals surface area contributed by atoms with Crippen molar-refractivity contribution in [2.45, 2.75) is 20.0 Å². The van der Waals surface area contributed by atoms with Crippen molar-refractivity contribution in [1.82, 2.24) is 9.13 Å². The number of carbonyl (C=O) groups excluding carboxylic acids is 1. The van der Waals surface area contributed by atoms with Crippen LogP contribution in [0.3, 0.4) is 0 Å². The number of hydrogen-bond acceptors (Lipinski definition) is 7. The highest BCUT2D eigenvalue weighted by Crippen LogP contribution is 2.24. The zero-order valence-corrected chi connectivity index (χ0v) is 12.7. The van der Waals surface area contributed by atoms with Crippen LogP contribution in [-0.4, -0.2) is 36.8 Å². The summed E-state index contributed by atoms with van der Waals surface area (Å²) in [4.78, 5) is 33.9. The van der Waals surface area contributed by atoms with Gasteiger partial charge in [0.25, 0.3) is 17.4 Å². The number of nitrogens with zero attached hydrogens (tertiary/aromatic N) is 3. The van der Waals surface area contributed by atoms with E-state index in [9.17, 15) is 29.9 Å². The first kappa shape index (κ1) is 17.1. The number of non-ortho nitro benzene ring substituents is 1. The first-order valence-electron chi connectivity index (χ1n) is 6.95.